The number of carboxylic acid groups (broad SMARTS) is 1. The van der Waals surface area contributed by atoms with Crippen LogP contribution in [0.3, 0.4) is 0 Å². The Morgan fingerprint density at radius 2 is 1.94 bits per heavy atom. The van der Waals surface area contributed by atoms with Gasteiger partial charge in [-0.1, -0.05) is 24.3 Å². The summed E-state index contributed by atoms with van der Waals surface area (Å²) in [6.07, 6.45) is 0. The Labute approximate surface area is 100 Å². The molecule has 2 atom stereocenters. The number of hydrogen-bond acceptors (Lipinski definition) is 3. The minimum absolute atomic E-state index is 0.0607. The summed E-state index contributed by atoms with van der Waals surface area (Å²) in [5.41, 5.74) is 1.78. The number of carbonyl (C=O) groups is 1. The van der Waals surface area contributed by atoms with Crippen LogP contribution < -0.4 is 0 Å². The van der Waals surface area contributed by atoms with Gasteiger partial charge in [0.1, 0.15) is 0 Å². The van der Waals surface area contributed by atoms with Crippen LogP contribution in [0.4, 0.5) is 0 Å². The maximum atomic E-state index is 11.6. The molecule has 1 heterocycles. The van der Waals surface area contributed by atoms with E-state index in [2.05, 4.69) is 0 Å². The van der Waals surface area contributed by atoms with E-state index in [1.807, 2.05) is 31.2 Å². The van der Waals surface area contributed by atoms with Crippen LogP contribution in [0, 0.1) is 12.8 Å². The molecular formula is C12H14O4S. The topological polar surface area (TPSA) is 71.4 Å². The Bertz CT molecular complexity index is 547. The minimum Gasteiger partial charge on any atom is -0.481 e. The second kappa shape index (κ2) is 4.14. The van der Waals surface area contributed by atoms with Gasteiger partial charge >= 0.3 is 5.97 Å². The first kappa shape index (κ1) is 12.1. The van der Waals surface area contributed by atoms with E-state index in [9.17, 15) is 13.2 Å². The SMILES string of the molecule is Cc1ccccc1C1CS(=O)(=O)CC1C(=O)O. The Kier molecular flexibility index (Phi) is 2.95. The summed E-state index contributed by atoms with van der Waals surface area (Å²) >= 11 is 0. The van der Waals surface area contributed by atoms with Crippen molar-refractivity contribution in [3.05, 3.63) is 35.4 Å². The lowest BCUT2D eigenvalue weighted by Crippen LogP contribution is -2.21. The van der Waals surface area contributed by atoms with E-state index in [4.69, 9.17) is 5.11 Å². The molecular weight excluding hydrogens is 240 g/mol. The zero-order valence-electron chi connectivity index (χ0n) is 9.46. The van der Waals surface area contributed by atoms with Crippen molar-refractivity contribution in [3.8, 4) is 0 Å². The van der Waals surface area contributed by atoms with E-state index < -0.39 is 27.6 Å². The Morgan fingerprint density at radius 1 is 1.29 bits per heavy atom. The third-order valence-electron chi connectivity index (χ3n) is 3.26. The lowest BCUT2D eigenvalue weighted by molar-refractivity contribution is -0.141. The number of sulfone groups is 1. The number of aryl methyl sites for hydroxylation is 1. The maximum absolute atomic E-state index is 11.6. The molecule has 4 nitrogen and oxygen atoms in total. The summed E-state index contributed by atoms with van der Waals surface area (Å²) in [5.74, 6) is -2.57. The molecule has 1 aliphatic rings. The summed E-state index contributed by atoms with van der Waals surface area (Å²) < 4.78 is 23.2. The maximum Gasteiger partial charge on any atom is 0.308 e. The third-order valence-corrected chi connectivity index (χ3v) is 4.99. The summed E-state index contributed by atoms with van der Waals surface area (Å²) in [4.78, 5) is 11.1. The van der Waals surface area contributed by atoms with Gasteiger partial charge < -0.3 is 5.11 Å². The van der Waals surface area contributed by atoms with E-state index in [-0.39, 0.29) is 11.5 Å². The second-order valence-corrected chi connectivity index (χ2v) is 6.64. The first-order valence-electron chi connectivity index (χ1n) is 5.39. The molecule has 17 heavy (non-hydrogen) atoms. The zero-order chi connectivity index (χ0) is 12.6. The van der Waals surface area contributed by atoms with Gasteiger partial charge in [-0.05, 0) is 18.1 Å². The number of aliphatic carboxylic acids is 1. The van der Waals surface area contributed by atoms with E-state index in [1.165, 1.54) is 0 Å². The molecule has 1 aliphatic heterocycles. The van der Waals surface area contributed by atoms with Crippen molar-refractivity contribution in [3.63, 3.8) is 0 Å². The van der Waals surface area contributed by atoms with Gasteiger partial charge in [-0.15, -0.1) is 0 Å². The van der Waals surface area contributed by atoms with Gasteiger partial charge in [0.15, 0.2) is 9.84 Å². The molecule has 1 N–H and O–H groups in total. The molecule has 0 aliphatic carbocycles. The molecule has 0 amide bonds. The van der Waals surface area contributed by atoms with Gasteiger partial charge in [-0.25, -0.2) is 8.42 Å². The highest BCUT2D eigenvalue weighted by Crippen LogP contribution is 2.35. The molecule has 1 saturated heterocycles. The quantitative estimate of drug-likeness (QED) is 0.861. The van der Waals surface area contributed by atoms with Crippen LogP contribution in [0.5, 0.6) is 0 Å². The van der Waals surface area contributed by atoms with Crippen molar-refractivity contribution in [2.24, 2.45) is 5.92 Å². The smallest absolute Gasteiger partial charge is 0.308 e. The Morgan fingerprint density at radius 3 is 2.53 bits per heavy atom. The molecule has 92 valence electrons. The average molecular weight is 254 g/mol. The first-order chi connectivity index (χ1) is 7.91. The molecule has 0 aromatic heterocycles. The minimum atomic E-state index is -3.24. The van der Waals surface area contributed by atoms with Crippen LogP contribution in [0.25, 0.3) is 0 Å². The van der Waals surface area contributed by atoms with E-state index >= 15 is 0 Å². The van der Waals surface area contributed by atoms with Gasteiger partial charge in [0.2, 0.25) is 0 Å². The molecule has 0 saturated carbocycles. The summed E-state index contributed by atoms with van der Waals surface area (Å²) in [6.45, 7) is 1.87. The van der Waals surface area contributed by atoms with Crippen molar-refractivity contribution < 1.29 is 18.3 Å². The highest BCUT2D eigenvalue weighted by atomic mass is 32.2. The lowest BCUT2D eigenvalue weighted by Gasteiger charge is -2.16. The number of carboxylic acids is 1. The number of hydrogen-bond donors (Lipinski definition) is 1. The van der Waals surface area contributed by atoms with E-state index in [0.29, 0.717) is 0 Å². The molecule has 2 unspecified atom stereocenters. The van der Waals surface area contributed by atoms with Crippen molar-refractivity contribution in [1.82, 2.24) is 0 Å². The monoisotopic (exact) mass is 254 g/mol. The third kappa shape index (κ3) is 2.34. The van der Waals surface area contributed by atoms with Gasteiger partial charge in [0.05, 0.1) is 17.4 Å². The number of benzene rings is 1. The number of rotatable bonds is 2. The van der Waals surface area contributed by atoms with Gasteiger partial charge in [0.25, 0.3) is 0 Å². The summed E-state index contributed by atoms with van der Waals surface area (Å²) in [7, 11) is -3.24. The fourth-order valence-corrected chi connectivity index (χ4v) is 4.42. The van der Waals surface area contributed by atoms with Crippen LogP contribution in [-0.4, -0.2) is 31.0 Å². The molecule has 2 rings (SSSR count). The highest BCUT2D eigenvalue weighted by molar-refractivity contribution is 7.91. The van der Waals surface area contributed by atoms with Crippen LogP contribution in [0.2, 0.25) is 0 Å². The predicted molar refractivity (Wildman–Crippen MR) is 63.7 cm³/mol. The van der Waals surface area contributed by atoms with Gasteiger partial charge in [-0.3, -0.25) is 4.79 Å². The first-order valence-corrected chi connectivity index (χ1v) is 7.21. The standard InChI is InChI=1S/C12H14O4S/c1-8-4-2-3-5-9(8)10-6-17(15,16)7-11(10)12(13)14/h2-5,10-11H,6-7H2,1H3,(H,13,14). The zero-order valence-corrected chi connectivity index (χ0v) is 10.3. The predicted octanol–water partition coefficient (Wildman–Crippen LogP) is 1.21. The van der Waals surface area contributed by atoms with Crippen molar-refractivity contribution in [2.75, 3.05) is 11.5 Å². The molecule has 0 spiro atoms. The van der Waals surface area contributed by atoms with Gasteiger partial charge in [0, 0.05) is 5.92 Å². The fourth-order valence-electron chi connectivity index (χ4n) is 2.40. The Balaban J connectivity index is 2.44. The fraction of sp³-hybridized carbons (Fsp3) is 0.417. The molecule has 0 bridgehead atoms. The van der Waals surface area contributed by atoms with E-state index in [0.717, 1.165) is 11.1 Å². The molecule has 5 heteroatoms. The molecule has 1 aromatic rings. The van der Waals surface area contributed by atoms with Crippen molar-refractivity contribution in [2.45, 2.75) is 12.8 Å². The van der Waals surface area contributed by atoms with Gasteiger partial charge in [-0.2, -0.15) is 0 Å². The largest absolute Gasteiger partial charge is 0.481 e. The van der Waals surface area contributed by atoms with Crippen molar-refractivity contribution >= 4 is 15.8 Å². The molecule has 1 aromatic carbocycles. The normalized spacial score (nSPS) is 26.9. The van der Waals surface area contributed by atoms with Crippen molar-refractivity contribution in [1.29, 1.82) is 0 Å². The second-order valence-electron chi connectivity index (χ2n) is 4.48. The molecule has 0 radical (unpaired) electrons. The molecule has 1 fully saturated rings. The van der Waals surface area contributed by atoms with Crippen LogP contribution in [0.1, 0.15) is 17.0 Å². The average Bonchev–Trinajstić information content (AvgIpc) is 2.55. The van der Waals surface area contributed by atoms with Crippen LogP contribution in [-0.2, 0) is 14.6 Å². The van der Waals surface area contributed by atoms with Crippen LogP contribution >= 0.6 is 0 Å². The van der Waals surface area contributed by atoms with E-state index in [1.54, 1.807) is 0 Å². The highest BCUT2D eigenvalue weighted by Gasteiger charge is 2.43. The Hall–Kier alpha value is -1.36. The lowest BCUT2D eigenvalue weighted by atomic mass is 9.86. The summed E-state index contributed by atoms with van der Waals surface area (Å²) in [6, 6.07) is 7.36. The summed E-state index contributed by atoms with van der Waals surface area (Å²) in [5, 5.41) is 9.10. The van der Waals surface area contributed by atoms with Crippen LogP contribution in [0.15, 0.2) is 24.3 Å².